The molecule has 2 aliphatic rings. The van der Waals surface area contributed by atoms with Gasteiger partial charge in [-0.15, -0.1) is 0 Å². The third kappa shape index (κ3) is 10.1. The normalized spacial score (nSPS) is 23.4. The highest BCUT2D eigenvalue weighted by atomic mass is 16.7. The molecule has 1 aliphatic heterocycles. The lowest BCUT2D eigenvalue weighted by Gasteiger charge is -2.32. The number of ether oxygens (including phenoxy) is 7. The molecule has 0 bridgehead atoms. The summed E-state index contributed by atoms with van der Waals surface area (Å²) in [5.74, 6) is -0.867. The van der Waals surface area contributed by atoms with Crippen molar-refractivity contribution < 1.29 is 47.5 Å². The summed E-state index contributed by atoms with van der Waals surface area (Å²) < 4.78 is 39.1. The molecule has 0 unspecified atom stereocenters. The molecule has 0 spiro atoms. The number of nitrogens with zero attached hydrogens (tertiary/aromatic N) is 1. The minimum Gasteiger partial charge on any atom is -0.493 e. The van der Waals surface area contributed by atoms with Crippen LogP contribution in [0, 0.1) is 17.8 Å². The number of carbonyl (C=O) groups is 3. The molecular weight excluding hydrogens is 548 g/mol. The molecule has 1 saturated heterocycles. The summed E-state index contributed by atoms with van der Waals surface area (Å²) in [6.45, 7) is 8.21. The summed E-state index contributed by atoms with van der Waals surface area (Å²) in [5, 5.41) is 2.67. The molecule has 12 heteroatoms. The predicted octanol–water partition coefficient (Wildman–Crippen LogP) is 3.30. The van der Waals surface area contributed by atoms with E-state index in [9.17, 15) is 14.4 Å². The number of hydrogen-bond donors (Lipinski definition) is 1. The summed E-state index contributed by atoms with van der Waals surface area (Å²) in [6.07, 6.45) is 6.27. The summed E-state index contributed by atoms with van der Waals surface area (Å²) >= 11 is 0. The maximum Gasteiger partial charge on any atom is 0.334 e. The average Bonchev–Trinajstić information content (AvgIpc) is 3.49. The Morgan fingerprint density at radius 1 is 1.19 bits per heavy atom. The van der Waals surface area contributed by atoms with Gasteiger partial charge in [0.15, 0.2) is 23.2 Å². The van der Waals surface area contributed by atoms with E-state index in [1.54, 1.807) is 6.92 Å². The molecule has 236 valence electrons. The van der Waals surface area contributed by atoms with Crippen LogP contribution in [0.2, 0.25) is 0 Å². The maximum atomic E-state index is 13.4. The van der Waals surface area contributed by atoms with Crippen LogP contribution in [0.15, 0.2) is 12.3 Å². The highest BCUT2D eigenvalue weighted by Gasteiger charge is 2.37. The number of cyclic esters (lactones) is 1. The smallest absolute Gasteiger partial charge is 0.334 e. The van der Waals surface area contributed by atoms with Crippen LogP contribution in [0.5, 0.6) is 11.5 Å². The van der Waals surface area contributed by atoms with Gasteiger partial charge in [0.25, 0.3) is 5.91 Å². The molecule has 1 aromatic heterocycles. The van der Waals surface area contributed by atoms with Gasteiger partial charge in [0.05, 0.1) is 26.4 Å². The molecule has 12 nitrogen and oxygen atoms in total. The second kappa shape index (κ2) is 17.2. The van der Waals surface area contributed by atoms with E-state index < -0.39 is 36.8 Å². The van der Waals surface area contributed by atoms with Crippen molar-refractivity contribution >= 4 is 17.8 Å². The SMILES string of the molecule is CCOCC(=O)OCOc1c(OC)ccnc1C(=O)N[C@H]1COC[C@H](CC2CCCC2)[C@@H](OCC(C)C)[C@H](C)OC1=O. The quantitative estimate of drug-likeness (QED) is 0.251. The first kappa shape index (κ1) is 33.5. The van der Waals surface area contributed by atoms with Crippen LogP contribution in [-0.4, -0.2) is 88.0 Å². The van der Waals surface area contributed by atoms with Crippen molar-refractivity contribution in [2.75, 3.05) is 46.9 Å². The molecule has 4 atom stereocenters. The summed E-state index contributed by atoms with van der Waals surface area (Å²) in [5.41, 5.74) is -0.159. The van der Waals surface area contributed by atoms with E-state index in [1.165, 1.54) is 45.1 Å². The van der Waals surface area contributed by atoms with Crippen LogP contribution in [0.25, 0.3) is 0 Å². The largest absolute Gasteiger partial charge is 0.493 e. The lowest BCUT2D eigenvalue weighted by atomic mass is 9.87. The van der Waals surface area contributed by atoms with Crippen molar-refractivity contribution in [3.05, 3.63) is 18.0 Å². The van der Waals surface area contributed by atoms with Gasteiger partial charge < -0.3 is 38.5 Å². The van der Waals surface area contributed by atoms with Gasteiger partial charge in [0.1, 0.15) is 12.7 Å². The second-order valence-electron chi connectivity index (χ2n) is 11.2. The molecule has 1 saturated carbocycles. The highest BCUT2D eigenvalue weighted by Crippen LogP contribution is 2.34. The molecule has 1 N–H and O–H groups in total. The van der Waals surface area contributed by atoms with E-state index in [0.29, 0.717) is 31.7 Å². The van der Waals surface area contributed by atoms with Crippen LogP contribution in [0.1, 0.15) is 70.3 Å². The average molecular weight is 595 g/mol. The number of hydrogen-bond acceptors (Lipinski definition) is 11. The molecule has 3 rings (SSSR count). The van der Waals surface area contributed by atoms with E-state index in [4.69, 9.17) is 33.2 Å². The molecule has 1 aliphatic carbocycles. The lowest BCUT2D eigenvalue weighted by Crippen LogP contribution is -2.46. The van der Waals surface area contributed by atoms with Crippen LogP contribution < -0.4 is 14.8 Å². The molecule has 2 fully saturated rings. The molecule has 1 amide bonds. The molecule has 0 radical (unpaired) electrons. The fourth-order valence-electron chi connectivity index (χ4n) is 5.27. The van der Waals surface area contributed by atoms with Crippen molar-refractivity contribution in [1.82, 2.24) is 10.3 Å². The highest BCUT2D eigenvalue weighted by molar-refractivity contribution is 5.98. The Bertz CT molecular complexity index is 1010. The molecule has 2 heterocycles. The first-order valence-corrected chi connectivity index (χ1v) is 14.8. The zero-order valence-electron chi connectivity index (χ0n) is 25.4. The van der Waals surface area contributed by atoms with Crippen LogP contribution in [0.4, 0.5) is 0 Å². The standard InChI is InChI=1S/C30H46N2O10/c1-6-37-17-25(33)40-18-41-28-24(36-5)11-12-31-26(28)29(34)32-23-16-38-15-22(13-21-9-7-8-10-21)27(39-14-19(2)3)20(4)42-30(23)35/h11-12,19-23,27H,6-10,13-18H2,1-5H3,(H,32,34)/t20-,22-,23-,27-/m0/s1. The van der Waals surface area contributed by atoms with Crippen LogP contribution in [-0.2, 0) is 33.3 Å². The van der Waals surface area contributed by atoms with Crippen LogP contribution >= 0.6 is 0 Å². The number of amides is 1. The van der Waals surface area contributed by atoms with Crippen molar-refractivity contribution in [3.63, 3.8) is 0 Å². The van der Waals surface area contributed by atoms with Gasteiger partial charge in [-0.25, -0.2) is 14.6 Å². The monoisotopic (exact) mass is 594 g/mol. The summed E-state index contributed by atoms with van der Waals surface area (Å²) in [4.78, 5) is 42.5. The van der Waals surface area contributed by atoms with Gasteiger partial charge in [-0.2, -0.15) is 0 Å². The number of aromatic nitrogens is 1. The Morgan fingerprint density at radius 3 is 2.64 bits per heavy atom. The second-order valence-corrected chi connectivity index (χ2v) is 11.2. The number of esters is 2. The molecule has 42 heavy (non-hydrogen) atoms. The van der Waals surface area contributed by atoms with Gasteiger partial charge in [0.2, 0.25) is 6.79 Å². The minimum absolute atomic E-state index is 0.0498. The van der Waals surface area contributed by atoms with Crippen molar-refractivity contribution in [2.24, 2.45) is 17.8 Å². The Morgan fingerprint density at radius 2 is 1.95 bits per heavy atom. The Hall–Kier alpha value is -2.96. The number of pyridine rings is 1. The Kier molecular flexibility index (Phi) is 13.8. The van der Waals surface area contributed by atoms with E-state index in [-0.39, 0.29) is 42.4 Å². The zero-order valence-corrected chi connectivity index (χ0v) is 25.4. The number of carbonyl (C=O) groups excluding carboxylic acids is 3. The molecular formula is C30H46N2O10. The Labute approximate surface area is 248 Å². The maximum absolute atomic E-state index is 13.4. The number of rotatable bonds is 14. The van der Waals surface area contributed by atoms with Crippen molar-refractivity contribution in [2.45, 2.75) is 78.0 Å². The summed E-state index contributed by atoms with van der Waals surface area (Å²) in [7, 11) is 1.40. The third-order valence-electron chi connectivity index (χ3n) is 7.32. The first-order chi connectivity index (χ1) is 20.2. The van der Waals surface area contributed by atoms with E-state index in [0.717, 1.165) is 6.42 Å². The van der Waals surface area contributed by atoms with Gasteiger partial charge in [-0.3, -0.25) is 4.79 Å². The number of nitrogens with one attached hydrogen (secondary N) is 1. The fraction of sp³-hybridized carbons (Fsp3) is 0.733. The van der Waals surface area contributed by atoms with Gasteiger partial charge in [0, 0.05) is 31.4 Å². The zero-order chi connectivity index (χ0) is 30.5. The van der Waals surface area contributed by atoms with Gasteiger partial charge >= 0.3 is 11.9 Å². The Balaban J connectivity index is 1.72. The van der Waals surface area contributed by atoms with Crippen LogP contribution in [0.3, 0.4) is 0 Å². The van der Waals surface area contributed by atoms with Crippen molar-refractivity contribution in [1.29, 1.82) is 0 Å². The van der Waals surface area contributed by atoms with E-state index in [1.807, 2.05) is 6.92 Å². The van der Waals surface area contributed by atoms with E-state index in [2.05, 4.69) is 24.1 Å². The summed E-state index contributed by atoms with van der Waals surface area (Å²) in [6, 6.07) is 0.399. The van der Waals surface area contributed by atoms with E-state index >= 15 is 0 Å². The van der Waals surface area contributed by atoms with Crippen molar-refractivity contribution in [3.8, 4) is 11.5 Å². The van der Waals surface area contributed by atoms with Gasteiger partial charge in [-0.1, -0.05) is 39.5 Å². The first-order valence-electron chi connectivity index (χ1n) is 14.8. The topological polar surface area (TPSA) is 141 Å². The number of methoxy groups -OCH3 is 1. The van der Waals surface area contributed by atoms with Gasteiger partial charge in [-0.05, 0) is 32.1 Å². The third-order valence-corrected chi connectivity index (χ3v) is 7.32. The fourth-order valence-corrected chi connectivity index (χ4v) is 5.27. The molecule has 1 aromatic rings. The predicted molar refractivity (Wildman–Crippen MR) is 151 cm³/mol. The molecule has 0 aromatic carbocycles. The lowest BCUT2D eigenvalue weighted by molar-refractivity contribution is -0.161. The minimum atomic E-state index is -1.10.